The van der Waals surface area contributed by atoms with Gasteiger partial charge in [-0.15, -0.1) is 0 Å². The van der Waals surface area contributed by atoms with Crippen LogP contribution in [0.2, 0.25) is 0 Å². The zero-order valence-corrected chi connectivity index (χ0v) is 10.1. The van der Waals surface area contributed by atoms with Gasteiger partial charge in [-0.3, -0.25) is 0 Å². The van der Waals surface area contributed by atoms with Crippen LogP contribution in [0.3, 0.4) is 0 Å². The Kier molecular flexibility index (Phi) is 4.88. The highest BCUT2D eigenvalue weighted by Gasteiger charge is 2.10. The summed E-state index contributed by atoms with van der Waals surface area (Å²) < 4.78 is 22.9. The van der Waals surface area contributed by atoms with Crippen molar-refractivity contribution in [2.24, 2.45) is 0 Å². The predicted octanol–water partition coefficient (Wildman–Crippen LogP) is 2.30. The van der Waals surface area contributed by atoms with E-state index >= 15 is 0 Å². The first-order chi connectivity index (χ1) is 8.62. The molecule has 0 aliphatic rings. The molecule has 0 aromatic heterocycles. The molecule has 0 saturated heterocycles. The number of esters is 1. The van der Waals surface area contributed by atoms with Crippen molar-refractivity contribution in [2.45, 2.75) is 6.92 Å². The van der Waals surface area contributed by atoms with Gasteiger partial charge in [-0.2, -0.15) is 5.26 Å². The van der Waals surface area contributed by atoms with E-state index in [1.807, 2.05) is 0 Å². The lowest BCUT2D eigenvalue weighted by Gasteiger charge is -2.03. The zero-order valence-electron chi connectivity index (χ0n) is 10.1. The minimum Gasteiger partial charge on any atom is -0.494 e. The van der Waals surface area contributed by atoms with Crippen molar-refractivity contribution in [2.75, 3.05) is 13.7 Å². The van der Waals surface area contributed by atoms with Gasteiger partial charge in [0.1, 0.15) is 11.6 Å². The van der Waals surface area contributed by atoms with Crippen LogP contribution in [0.5, 0.6) is 5.75 Å². The van der Waals surface area contributed by atoms with Crippen molar-refractivity contribution >= 4 is 12.0 Å². The molecule has 0 spiro atoms. The summed E-state index contributed by atoms with van der Waals surface area (Å²) in [6.45, 7) is 1.81. The fourth-order valence-electron chi connectivity index (χ4n) is 1.28. The van der Waals surface area contributed by atoms with Gasteiger partial charge in [0.05, 0.1) is 13.7 Å². The number of methoxy groups -OCH3 is 1. The second-order valence-electron chi connectivity index (χ2n) is 3.28. The maximum atomic E-state index is 13.4. The Labute approximate surface area is 104 Å². The number of benzene rings is 1. The molecule has 0 amide bonds. The summed E-state index contributed by atoms with van der Waals surface area (Å²) in [4.78, 5) is 11.4. The first-order valence-corrected chi connectivity index (χ1v) is 5.24. The van der Waals surface area contributed by atoms with E-state index in [4.69, 9.17) is 14.7 Å². The lowest BCUT2D eigenvalue weighted by Crippen LogP contribution is -2.06. The van der Waals surface area contributed by atoms with Gasteiger partial charge < -0.3 is 9.47 Å². The van der Waals surface area contributed by atoms with Crippen LogP contribution < -0.4 is 4.74 Å². The summed E-state index contributed by atoms with van der Waals surface area (Å²) in [5.74, 6) is -1.19. The summed E-state index contributed by atoms with van der Waals surface area (Å²) in [6, 6.07) is 5.85. The molecule has 0 aliphatic carbocycles. The molecule has 1 aromatic rings. The minimum absolute atomic E-state index is 0.0989. The number of rotatable bonds is 4. The second-order valence-corrected chi connectivity index (χ2v) is 3.28. The fraction of sp³-hybridized carbons (Fsp3) is 0.231. The molecule has 4 nitrogen and oxygen atoms in total. The third-order valence-electron chi connectivity index (χ3n) is 2.10. The Morgan fingerprint density at radius 3 is 2.78 bits per heavy atom. The van der Waals surface area contributed by atoms with Gasteiger partial charge in [0.15, 0.2) is 11.6 Å². The molecule has 1 rings (SSSR count). The molecule has 5 heteroatoms. The van der Waals surface area contributed by atoms with Crippen LogP contribution in [0.4, 0.5) is 4.39 Å². The van der Waals surface area contributed by atoms with Crippen molar-refractivity contribution in [3.05, 3.63) is 35.2 Å². The van der Waals surface area contributed by atoms with Crippen LogP contribution in [0.1, 0.15) is 12.5 Å². The first-order valence-electron chi connectivity index (χ1n) is 5.24. The van der Waals surface area contributed by atoms with E-state index in [9.17, 15) is 9.18 Å². The van der Waals surface area contributed by atoms with Gasteiger partial charge >= 0.3 is 5.97 Å². The zero-order chi connectivity index (χ0) is 13.5. The highest BCUT2D eigenvalue weighted by molar-refractivity contribution is 5.97. The molecular formula is C13H12FNO3. The smallest absolute Gasteiger partial charge is 0.348 e. The molecule has 18 heavy (non-hydrogen) atoms. The second kappa shape index (κ2) is 6.40. The number of nitriles is 1. The van der Waals surface area contributed by atoms with Crippen molar-refractivity contribution in [1.29, 1.82) is 5.26 Å². The highest BCUT2D eigenvalue weighted by Crippen LogP contribution is 2.19. The largest absolute Gasteiger partial charge is 0.494 e. The van der Waals surface area contributed by atoms with E-state index in [1.165, 1.54) is 25.3 Å². The van der Waals surface area contributed by atoms with Gasteiger partial charge in [0.2, 0.25) is 0 Å². The Hall–Kier alpha value is -2.35. The monoisotopic (exact) mass is 249 g/mol. The Morgan fingerprint density at radius 2 is 2.28 bits per heavy atom. The summed E-state index contributed by atoms with van der Waals surface area (Å²) >= 11 is 0. The van der Waals surface area contributed by atoms with Gasteiger partial charge in [-0.25, -0.2) is 9.18 Å². The number of hydrogen-bond donors (Lipinski definition) is 0. The standard InChI is InChI=1S/C13H12FNO3/c1-3-18-13(16)10(8-15)6-9-4-5-12(17-2)11(14)7-9/h4-7H,3H2,1-2H3/b10-6+. The van der Waals surface area contributed by atoms with Crippen LogP contribution in [0.15, 0.2) is 23.8 Å². The van der Waals surface area contributed by atoms with E-state index in [0.29, 0.717) is 5.56 Å². The topological polar surface area (TPSA) is 59.3 Å². The third kappa shape index (κ3) is 3.32. The lowest BCUT2D eigenvalue weighted by atomic mass is 10.1. The minimum atomic E-state index is -0.726. The molecule has 0 radical (unpaired) electrons. The number of hydrogen-bond acceptors (Lipinski definition) is 4. The normalized spacial score (nSPS) is 10.7. The van der Waals surface area contributed by atoms with E-state index in [0.717, 1.165) is 0 Å². The molecule has 1 aromatic carbocycles. The summed E-state index contributed by atoms with van der Waals surface area (Å²) in [7, 11) is 1.35. The molecule has 94 valence electrons. The van der Waals surface area contributed by atoms with Gasteiger partial charge in [0.25, 0.3) is 0 Å². The van der Waals surface area contributed by atoms with E-state index in [-0.39, 0.29) is 17.9 Å². The fourth-order valence-corrected chi connectivity index (χ4v) is 1.28. The van der Waals surface area contributed by atoms with Crippen molar-refractivity contribution < 1.29 is 18.7 Å². The molecule has 0 atom stereocenters. The van der Waals surface area contributed by atoms with Crippen LogP contribution in [-0.4, -0.2) is 19.7 Å². The van der Waals surface area contributed by atoms with Crippen molar-refractivity contribution in [1.82, 2.24) is 0 Å². The maximum Gasteiger partial charge on any atom is 0.348 e. The number of halogens is 1. The quantitative estimate of drug-likeness (QED) is 0.466. The molecule has 0 aliphatic heterocycles. The van der Waals surface area contributed by atoms with Gasteiger partial charge in [0, 0.05) is 0 Å². The number of nitrogens with zero attached hydrogens (tertiary/aromatic N) is 1. The van der Waals surface area contributed by atoms with Crippen LogP contribution in [-0.2, 0) is 9.53 Å². The first kappa shape index (κ1) is 13.7. The van der Waals surface area contributed by atoms with E-state index in [1.54, 1.807) is 19.1 Å². The van der Waals surface area contributed by atoms with Crippen molar-refractivity contribution in [3.63, 3.8) is 0 Å². The predicted molar refractivity (Wildman–Crippen MR) is 63.2 cm³/mol. The van der Waals surface area contributed by atoms with Crippen LogP contribution in [0, 0.1) is 17.1 Å². The number of ether oxygens (including phenoxy) is 2. The summed E-state index contributed by atoms with van der Waals surface area (Å²) in [5.41, 5.74) is 0.208. The van der Waals surface area contributed by atoms with Crippen LogP contribution >= 0.6 is 0 Å². The molecule has 0 fully saturated rings. The number of carbonyl (C=O) groups excluding carboxylic acids is 1. The summed E-state index contributed by atoms with van der Waals surface area (Å²) in [5, 5.41) is 8.82. The Morgan fingerprint density at radius 1 is 1.56 bits per heavy atom. The van der Waals surface area contributed by atoms with E-state index < -0.39 is 11.8 Å². The van der Waals surface area contributed by atoms with Gasteiger partial charge in [-0.05, 0) is 30.7 Å². The average molecular weight is 249 g/mol. The SMILES string of the molecule is CCOC(=O)/C(C#N)=C/c1ccc(OC)c(F)c1. The molecule has 0 N–H and O–H groups in total. The molecular weight excluding hydrogens is 237 g/mol. The third-order valence-corrected chi connectivity index (χ3v) is 2.10. The van der Waals surface area contributed by atoms with E-state index in [2.05, 4.69) is 0 Å². The highest BCUT2D eigenvalue weighted by atomic mass is 19.1. The summed E-state index contributed by atoms with van der Waals surface area (Å²) in [6.07, 6.45) is 1.26. The van der Waals surface area contributed by atoms with Gasteiger partial charge in [-0.1, -0.05) is 6.07 Å². The van der Waals surface area contributed by atoms with Crippen LogP contribution in [0.25, 0.3) is 6.08 Å². The lowest BCUT2D eigenvalue weighted by molar-refractivity contribution is -0.137. The molecule has 0 unspecified atom stereocenters. The van der Waals surface area contributed by atoms with Crippen molar-refractivity contribution in [3.8, 4) is 11.8 Å². The maximum absolute atomic E-state index is 13.4. The average Bonchev–Trinajstić information content (AvgIpc) is 2.36. The Balaban J connectivity index is 3.04. The Bertz CT molecular complexity index is 517. The molecule has 0 saturated carbocycles. The number of carbonyl (C=O) groups is 1. The molecule has 0 heterocycles. The molecule has 0 bridgehead atoms.